The van der Waals surface area contributed by atoms with Gasteiger partial charge in [0.25, 0.3) is 0 Å². The fourth-order valence-corrected chi connectivity index (χ4v) is 3.81. The van der Waals surface area contributed by atoms with Gasteiger partial charge in [0, 0.05) is 20.1 Å². The number of piperidine rings is 1. The summed E-state index contributed by atoms with van der Waals surface area (Å²) in [5.74, 6) is 0.750. The zero-order chi connectivity index (χ0) is 12.1. The summed E-state index contributed by atoms with van der Waals surface area (Å²) < 4.78 is 17.1. The lowest BCUT2D eigenvalue weighted by molar-refractivity contribution is -0.177. The van der Waals surface area contributed by atoms with Gasteiger partial charge >= 0.3 is 0 Å². The van der Waals surface area contributed by atoms with Gasteiger partial charge < -0.3 is 13.9 Å². The Morgan fingerprint density at radius 2 is 2.12 bits per heavy atom. The molecule has 0 aromatic carbocycles. The van der Waals surface area contributed by atoms with Crippen LogP contribution >= 0.6 is 7.37 Å². The third kappa shape index (κ3) is 4.30. The summed E-state index contributed by atoms with van der Waals surface area (Å²) in [4.78, 5) is 14.0. The number of hydrogen-bond acceptors (Lipinski definition) is 4. The Balaban J connectivity index is 1.79. The van der Waals surface area contributed by atoms with Crippen molar-refractivity contribution in [2.24, 2.45) is 0 Å². The third-order valence-electron chi connectivity index (χ3n) is 3.14. The predicted octanol–water partition coefficient (Wildman–Crippen LogP) is 1.90. The Labute approximate surface area is 102 Å². The molecule has 0 aliphatic carbocycles. The Morgan fingerprint density at radius 1 is 1.35 bits per heavy atom. The van der Waals surface area contributed by atoms with E-state index in [4.69, 9.17) is 4.42 Å². The Morgan fingerprint density at radius 3 is 2.76 bits per heavy atom. The first-order chi connectivity index (χ1) is 8.16. The van der Waals surface area contributed by atoms with Gasteiger partial charge in [0.1, 0.15) is 5.76 Å². The molecule has 1 aliphatic rings. The van der Waals surface area contributed by atoms with Crippen LogP contribution in [0.1, 0.15) is 25.0 Å². The average molecular weight is 256 g/mol. The van der Waals surface area contributed by atoms with Crippen LogP contribution in [0.15, 0.2) is 22.8 Å². The average Bonchev–Trinajstić information content (AvgIpc) is 2.80. The molecule has 17 heavy (non-hydrogen) atoms. The summed E-state index contributed by atoms with van der Waals surface area (Å²) in [7, 11) is -3.29. The molecule has 5 heteroatoms. The molecule has 2 heterocycles. The quantitative estimate of drug-likeness (QED) is 0.755. The molecule has 1 fully saturated rings. The van der Waals surface area contributed by atoms with Gasteiger partial charge in [0.15, 0.2) is 0 Å². The molecular formula is C12H19NO3P-. The van der Waals surface area contributed by atoms with Gasteiger partial charge in [0.2, 0.25) is 0 Å². The van der Waals surface area contributed by atoms with E-state index in [9.17, 15) is 9.46 Å². The monoisotopic (exact) mass is 256 g/mol. The summed E-state index contributed by atoms with van der Waals surface area (Å²) >= 11 is 0. The van der Waals surface area contributed by atoms with Crippen LogP contribution in [0.2, 0.25) is 0 Å². The molecule has 0 spiro atoms. The largest absolute Gasteiger partial charge is 0.798 e. The normalized spacial score (nSPS) is 21.2. The number of nitrogens with zero attached hydrogens (tertiary/aromatic N) is 1. The molecule has 2 rings (SSSR count). The number of likely N-dealkylation sites (tertiary alicyclic amines) is 1. The van der Waals surface area contributed by atoms with Gasteiger partial charge in [-0.1, -0.05) is 6.42 Å². The second-order valence-electron chi connectivity index (χ2n) is 4.69. The molecule has 1 atom stereocenters. The topological polar surface area (TPSA) is 56.5 Å². The maximum atomic E-state index is 11.9. The second-order valence-corrected chi connectivity index (χ2v) is 7.05. The van der Waals surface area contributed by atoms with Crippen LogP contribution in [0.25, 0.3) is 0 Å². The molecule has 0 N–H and O–H groups in total. The van der Waals surface area contributed by atoms with Crippen molar-refractivity contribution in [1.82, 2.24) is 4.90 Å². The summed E-state index contributed by atoms with van der Waals surface area (Å²) in [6, 6.07) is 3.61. The Hall–Kier alpha value is -0.570. The maximum Gasteiger partial charge on any atom is 0.104 e. The highest BCUT2D eigenvalue weighted by atomic mass is 31.2. The lowest BCUT2D eigenvalue weighted by atomic mass is 10.1. The summed E-state index contributed by atoms with van der Waals surface area (Å²) in [6.45, 7) is 1.85. The van der Waals surface area contributed by atoms with Crippen LogP contribution in [0.4, 0.5) is 0 Å². The van der Waals surface area contributed by atoms with Gasteiger partial charge in [-0.2, -0.15) is 0 Å². The lowest BCUT2D eigenvalue weighted by Gasteiger charge is -2.33. The highest BCUT2D eigenvalue weighted by Gasteiger charge is 2.16. The van der Waals surface area contributed by atoms with Gasteiger partial charge in [-0.15, -0.1) is 0 Å². The van der Waals surface area contributed by atoms with E-state index in [0.29, 0.717) is 6.42 Å². The number of hydrogen-bond donors (Lipinski definition) is 0. The van der Waals surface area contributed by atoms with Crippen LogP contribution in [0.3, 0.4) is 0 Å². The third-order valence-corrected chi connectivity index (χ3v) is 4.88. The Kier molecular flexibility index (Phi) is 4.43. The molecule has 0 saturated carbocycles. The van der Waals surface area contributed by atoms with Crippen molar-refractivity contribution in [1.29, 1.82) is 0 Å². The van der Waals surface area contributed by atoms with E-state index >= 15 is 0 Å². The molecule has 0 amide bonds. The molecule has 1 aromatic heterocycles. The molecule has 1 unspecified atom stereocenters. The first-order valence-electron chi connectivity index (χ1n) is 6.20. The number of rotatable bonds is 5. The first kappa shape index (κ1) is 12.9. The lowest BCUT2D eigenvalue weighted by Crippen LogP contribution is -2.33. The summed E-state index contributed by atoms with van der Waals surface area (Å²) in [5.41, 5.74) is 0. The van der Waals surface area contributed by atoms with Crippen molar-refractivity contribution in [2.45, 2.75) is 25.7 Å². The molecule has 4 nitrogen and oxygen atoms in total. The maximum absolute atomic E-state index is 11.9. The molecular weight excluding hydrogens is 237 g/mol. The molecule has 1 aliphatic heterocycles. The highest BCUT2D eigenvalue weighted by molar-refractivity contribution is 7.56. The van der Waals surface area contributed by atoms with Crippen molar-refractivity contribution in [3.05, 3.63) is 24.2 Å². The second kappa shape index (κ2) is 5.85. The molecule has 0 bridgehead atoms. The van der Waals surface area contributed by atoms with E-state index in [1.165, 1.54) is 6.42 Å². The van der Waals surface area contributed by atoms with E-state index in [0.717, 1.165) is 31.7 Å². The standard InChI is InChI=1S/C12H20NO3P/c14-17(15,10-6-12-5-4-9-16-12)11-13-7-2-1-3-8-13/h4-5,9H,1-3,6-8,10-11H2,(H,14,15)/p-1. The van der Waals surface area contributed by atoms with E-state index < -0.39 is 7.37 Å². The SMILES string of the molecule is O=P([O-])(CCc1ccco1)CN1CCCCC1. The van der Waals surface area contributed by atoms with Gasteiger partial charge in [-0.3, -0.25) is 4.90 Å². The zero-order valence-electron chi connectivity index (χ0n) is 10.0. The van der Waals surface area contributed by atoms with E-state index in [1.54, 1.807) is 12.3 Å². The van der Waals surface area contributed by atoms with E-state index in [2.05, 4.69) is 4.90 Å². The number of aryl methyl sites for hydroxylation is 1. The van der Waals surface area contributed by atoms with Crippen molar-refractivity contribution in [2.75, 3.05) is 25.5 Å². The van der Waals surface area contributed by atoms with Crippen molar-refractivity contribution < 1.29 is 13.9 Å². The van der Waals surface area contributed by atoms with E-state index in [1.807, 2.05) is 6.07 Å². The minimum atomic E-state index is -3.29. The molecule has 0 radical (unpaired) electrons. The van der Waals surface area contributed by atoms with Crippen molar-refractivity contribution in [3.63, 3.8) is 0 Å². The smallest absolute Gasteiger partial charge is 0.104 e. The molecule has 1 aromatic rings. The van der Waals surface area contributed by atoms with Gasteiger partial charge in [-0.25, -0.2) is 0 Å². The molecule has 96 valence electrons. The fourth-order valence-electron chi connectivity index (χ4n) is 2.21. The van der Waals surface area contributed by atoms with Crippen LogP contribution in [-0.4, -0.2) is 30.4 Å². The van der Waals surface area contributed by atoms with Crippen LogP contribution in [0, 0.1) is 0 Å². The summed E-state index contributed by atoms with van der Waals surface area (Å²) in [5, 5.41) is 0. The minimum Gasteiger partial charge on any atom is -0.798 e. The molecule has 1 saturated heterocycles. The van der Waals surface area contributed by atoms with Crippen molar-refractivity contribution >= 4 is 7.37 Å². The van der Waals surface area contributed by atoms with Crippen LogP contribution < -0.4 is 4.89 Å². The highest BCUT2D eigenvalue weighted by Crippen LogP contribution is 2.37. The first-order valence-corrected chi connectivity index (χ1v) is 8.19. The van der Waals surface area contributed by atoms with E-state index in [-0.39, 0.29) is 12.4 Å². The van der Waals surface area contributed by atoms with Crippen molar-refractivity contribution in [3.8, 4) is 0 Å². The number of furan rings is 1. The van der Waals surface area contributed by atoms with Gasteiger partial charge in [0.05, 0.1) is 6.26 Å². The van der Waals surface area contributed by atoms with Crippen LogP contribution in [0.5, 0.6) is 0 Å². The zero-order valence-corrected chi connectivity index (χ0v) is 10.9. The van der Waals surface area contributed by atoms with Crippen LogP contribution in [-0.2, 0) is 11.0 Å². The van der Waals surface area contributed by atoms with Gasteiger partial charge in [-0.05, 0) is 44.2 Å². The summed E-state index contributed by atoms with van der Waals surface area (Å²) in [6.07, 6.45) is 5.98. The predicted molar refractivity (Wildman–Crippen MR) is 65.2 cm³/mol. The fraction of sp³-hybridized carbons (Fsp3) is 0.667. The minimum absolute atomic E-state index is 0.205. The Bertz CT molecular complexity index is 371.